The molecule has 0 aliphatic carbocycles. The molecule has 0 aromatic heterocycles. The van der Waals surface area contributed by atoms with E-state index in [9.17, 15) is 4.79 Å². The quantitative estimate of drug-likeness (QED) is 0.800. The van der Waals surface area contributed by atoms with Crippen LogP contribution in [0, 0.1) is 5.92 Å². The zero-order chi connectivity index (χ0) is 15.9. The number of carbonyl (C=O) groups is 1. The normalized spacial score (nSPS) is 12.0. The van der Waals surface area contributed by atoms with Crippen molar-refractivity contribution >= 4 is 17.3 Å². The van der Waals surface area contributed by atoms with Crippen LogP contribution in [-0.2, 0) is 4.79 Å². The molecule has 0 heterocycles. The van der Waals surface area contributed by atoms with Crippen LogP contribution >= 0.6 is 0 Å². The summed E-state index contributed by atoms with van der Waals surface area (Å²) in [5, 5.41) is 6.38. The SMILES string of the molecule is CC(C)CC(=O)Nc1ccc(NC(C)c2ccccc2)cc1. The van der Waals surface area contributed by atoms with E-state index < -0.39 is 0 Å². The molecular formula is C19H24N2O. The van der Waals surface area contributed by atoms with Crippen LogP contribution in [0.1, 0.15) is 38.8 Å². The molecule has 0 saturated heterocycles. The number of hydrogen-bond acceptors (Lipinski definition) is 2. The Hall–Kier alpha value is -2.29. The summed E-state index contributed by atoms with van der Waals surface area (Å²) in [6.45, 7) is 6.21. The second kappa shape index (κ2) is 7.64. The first-order chi connectivity index (χ1) is 10.5. The van der Waals surface area contributed by atoms with E-state index in [4.69, 9.17) is 0 Å². The summed E-state index contributed by atoms with van der Waals surface area (Å²) >= 11 is 0. The van der Waals surface area contributed by atoms with Gasteiger partial charge < -0.3 is 10.6 Å². The van der Waals surface area contributed by atoms with E-state index >= 15 is 0 Å². The second-order valence-electron chi connectivity index (χ2n) is 6.00. The summed E-state index contributed by atoms with van der Waals surface area (Å²) < 4.78 is 0. The van der Waals surface area contributed by atoms with Gasteiger partial charge in [0.25, 0.3) is 0 Å². The minimum Gasteiger partial charge on any atom is -0.379 e. The van der Waals surface area contributed by atoms with Crippen molar-refractivity contribution in [3.63, 3.8) is 0 Å². The molecule has 1 atom stereocenters. The molecule has 22 heavy (non-hydrogen) atoms. The van der Waals surface area contributed by atoms with Gasteiger partial charge in [-0.15, -0.1) is 0 Å². The molecule has 3 heteroatoms. The summed E-state index contributed by atoms with van der Waals surface area (Å²) in [7, 11) is 0. The number of anilines is 2. The third-order valence-corrected chi connectivity index (χ3v) is 3.45. The summed E-state index contributed by atoms with van der Waals surface area (Å²) in [6.07, 6.45) is 0.547. The lowest BCUT2D eigenvalue weighted by Gasteiger charge is -2.16. The zero-order valence-corrected chi connectivity index (χ0v) is 13.5. The molecule has 116 valence electrons. The Balaban J connectivity index is 1.93. The summed E-state index contributed by atoms with van der Waals surface area (Å²) in [5.74, 6) is 0.432. The van der Waals surface area contributed by atoms with Crippen LogP contribution in [0.15, 0.2) is 54.6 Å². The Bertz CT molecular complexity index is 591. The van der Waals surface area contributed by atoms with Gasteiger partial charge in [0.1, 0.15) is 0 Å². The third kappa shape index (κ3) is 4.92. The highest BCUT2D eigenvalue weighted by atomic mass is 16.1. The van der Waals surface area contributed by atoms with Crippen LogP contribution in [0.4, 0.5) is 11.4 Å². The molecule has 0 aliphatic rings. The van der Waals surface area contributed by atoms with Gasteiger partial charge in [-0.1, -0.05) is 44.2 Å². The summed E-state index contributed by atoms with van der Waals surface area (Å²) in [6, 6.07) is 18.4. The second-order valence-corrected chi connectivity index (χ2v) is 6.00. The number of rotatable bonds is 6. The molecule has 0 spiro atoms. The van der Waals surface area contributed by atoms with Gasteiger partial charge >= 0.3 is 0 Å². The average Bonchev–Trinajstić information content (AvgIpc) is 2.49. The zero-order valence-electron chi connectivity index (χ0n) is 13.5. The molecule has 0 fully saturated rings. The first kappa shape index (κ1) is 16.1. The van der Waals surface area contributed by atoms with E-state index in [0.29, 0.717) is 12.3 Å². The molecule has 3 nitrogen and oxygen atoms in total. The number of benzene rings is 2. The average molecular weight is 296 g/mol. The van der Waals surface area contributed by atoms with Crippen LogP contribution in [0.2, 0.25) is 0 Å². The van der Waals surface area contributed by atoms with E-state index in [2.05, 4.69) is 29.7 Å². The fraction of sp³-hybridized carbons (Fsp3) is 0.316. The van der Waals surface area contributed by atoms with Crippen molar-refractivity contribution in [2.45, 2.75) is 33.2 Å². The van der Waals surface area contributed by atoms with Crippen LogP contribution in [0.25, 0.3) is 0 Å². The highest BCUT2D eigenvalue weighted by molar-refractivity contribution is 5.90. The first-order valence-corrected chi connectivity index (χ1v) is 7.76. The highest BCUT2D eigenvalue weighted by Crippen LogP contribution is 2.20. The Morgan fingerprint density at radius 2 is 1.50 bits per heavy atom. The number of amides is 1. The molecule has 2 N–H and O–H groups in total. The van der Waals surface area contributed by atoms with Gasteiger partial charge in [-0.25, -0.2) is 0 Å². The van der Waals surface area contributed by atoms with Gasteiger partial charge in [-0.3, -0.25) is 4.79 Å². The van der Waals surface area contributed by atoms with E-state index in [0.717, 1.165) is 11.4 Å². The van der Waals surface area contributed by atoms with Gasteiger partial charge in [-0.05, 0) is 42.7 Å². The Morgan fingerprint density at radius 3 is 2.09 bits per heavy atom. The van der Waals surface area contributed by atoms with Crippen molar-refractivity contribution < 1.29 is 4.79 Å². The molecule has 0 saturated carbocycles. The lowest BCUT2D eigenvalue weighted by molar-refractivity contribution is -0.116. The molecule has 1 unspecified atom stereocenters. The van der Waals surface area contributed by atoms with Crippen LogP contribution in [0.3, 0.4) is 0 Å². The maximum atomic E-state index is 11.7. The van der Waals surface area contributed by atoms with Crippen molar-refractivity contribution in [3.8, 4) is 0 Å². The molecule has 2 rings (SSSR count). The number of hydrogen-bond donors (Lipinski definition) is 2. The monoisotopic (exact) mass is 296 g/mol. The molecule has 0 radical (unpaired) electrons. The van der Waals surface area contributed by atoms with E-state index in [1.807, 2.05) is 56.3 Å². The standard InChI is InChI=1S/C19H24N2O/c1-14(2)13-19(22)21-18-11-9-17(10-12-18)20-15(3)16-7-5-4-6-8-16/h4-12,14-15,20H,13H2,1-3H3,(H,21,22). The van der Waals surface area contributed by atoms with Crippen molar-refractivity contribution in [1.82, 2.24) is 0 Å². The van der Waals surface area contributed by atoms with Gasteiger partial charge in [0, 0.05) is 23.8 Å². The Kier molecular flexibility index (Phi) is 5.59. The Labute approximate surface area is 132 Å². The van der Waals surface area contributed by atoms with Crippen LogP contribution in [0.5, 0.6) is 0 Å². The maximum Gasteiger partial charge on any atom is 0.224 e. The predicted molar refractivity (Wildman–Crippen MR) is 93.0 cm³/mol. The van der Waals surface area contributed by atoms with Gasteiger partial charge in [0.2, 0.25) is 5.91 Å². The van der Waals surface area contributed by atoms with E-state index in [1.54, 1.807) is 0 Å². The Morgan fingerprint density at radius 1 is 0.909 bits per heavy atom. The van der Waals surface area contributed by atoms with Crippen LogP contribution in [-0.4, -0.2) is 5.91 Å². The predicted octanol–water partition coefficient (Wildman–Crippen LogP) is 4.84. The van der Waals surface area contributed by atoms with Crippen molar-refractivity contribution in [3.05, 3.63) is 60.2 Å². The topological polar surface area (TPSA) is 41.1 Å². The maximum absolute atomic E-state index is 11.7. The fourth-order valence-corrected chi connectivity index (χ4v) is 2.31. The van der Waals surface area contributed by atoms with Gasteiger partial charge in [0.15, 0.2) is 0 Å². The number of nitrogens with one attached hydrogen (secondary N) is 2. The first-order valence-electron chi connectivity index (χ1n) is 7.76. The highest BCUT2D eigenvalue weighted by Gasteiger charge is 2.06. The molecule has 2 aromatic carbocycles. The van der Waals surface area contributed by atoms with E-state index in [1.165, 1.54) is 5.56 Å². The van der Waals surface area contributed by atoms with Crippen molar-refractivity contribution in [2.24, 2.45) is 5.92 Å². The fourth-order valence-electron chi connectivity index (χ4n) is 2.31. The molecule has 0 aliphatic heterocycles. The molecule has 2 aromatic rings. The van der Waals surface area contributed by atoms with Gasteiger partial charge in [0.05, 0.1) is 0 Å². The van der Waals surface area contributed by atoms with Gasteiger partial charge in [-0.2, -0.15) is 0 Å². The van der Waals surface area contributed by atoms with Crippen LogP contribution < -0.4 is 10.6 Å². The minimum atomic E-state index is 0.0633. The molecule has 1 amide bonds. The van der Waals surface area contributed by atoms with E-state index in [-0.39, 0.29) is 11.9 Å². The largest absolute Gasteiger partial charge is 0.379 e. The summed E-state index contributed by atoms with van der Waals surface area (Å²) in [4.78, 5) is 11.7. The molecular weight excluding hydrogens is 272 g/mol. The lowest BCUT2D eigenvalue weighted by Crippen LogP contribution is -2.13. The minimum absolute atomic E-state index is 0.0633. The molecule has 0 bridgehead atoms. The van der Waals surface area contributed by atoms with Crippen molar-refractivity contribution in [2.75, 3.05) is 10.6 Å². The summed E-state index contributed by atoms with van der Waals surface area (Å²) in [5.41, 5.74) is 3.12. The lowest BCUT2D eigenvalue weighted by atomic mass is 10.1. The third-order valence-electron chi connectivity index (χ3n) is 3.45. The smallest absolute Gasteiger partial charge is 0.224 e. The number of carbonyl (C=O) groups excluding carboxylic acids is 1. The van der Waals surface area contributed by atoms with Crippen molar-refractivity contribution in [1.29, 1.82) is 0 Å².